The van der Waals surface area contributed by atoms with Crippen molar-refractivity contribution in [3.05, 3.63) is 72.4 Å². The van der Waals surface area contributed by atoms with Gasteiger partial charge in [0, 0.05) is 23.5 Å². The molecule has 0 atom stereocenters. The van der Waals surface area contributed by atoms with E-state index in [-0.39, 0.29) is 5.78 Å². The molecule has 0 spiro atoms. The van der Waals surface area contributed by atoms with E-state index in [4.69, 9.17) is 4.74 Å². The second-order valence-electron chi connectivity index (χ2n) is 3.99. The van der Waals surface area contributed by atoms with Crippen molar-refractivity contribution in [3.8, 4) is 5.75 Å². The van der Waals surface area contributed by atoms with E-state index in [0.717, 1.165) is 5.69 Å². The molecule has 0 bridgehead atoms. The number of rotatable bonds is 6. The summed E-state index contributed by atoms with van der Waals surface area (Å²) in [6, 6.07) is 15.8. The Kier molecular flexibility index (Phi) is 4.89. The van der Waals surface area contributed by atoms with Gasteiger partial charge in [-0.1, -0.05) is 30.3 Å². The first kappa shape index (κ1) is 13.8. The largest absolute Gasteiger partial charge is 0.463 e. The second kappa shape index (κ2) is 7.09. The fourth-order valence-electron chi connectivity index (χ4n) is 1.62. The van der Waals surface area contributed by atoms with Gasteiger partial charge in [-0.3, -0.25) is 4.79 Å². The molecule has 102 valence electrons. The van der Waals surface area contributed by atoms with Crippen LogP contribution in [-0.4, -0.2) is 12.6 Å². The van der Waals surface area contributed by atoms with Crippen molar-refractivity contribution < 1.29 is 13.9 Å². The lowest BCUT2D eigenvalue weighted by molar-refractivity contribution is 0.104. The van der Waals surface area contributed by atoms with Crippen LogP contribution < -0.4 is 10.1 Å². The fraction of sp³-hybridized carbons (Fsp3) is 0.0625. The molecule has 0 radical (unpaired) electrons. The summed E-state index contributed by atoms with van der Waals surface area (Å²) in [7, 11) is 0. The monoisotopic (exact) mass is 271 g/mol. The molecule has 0 unspecified atom stereocenters. The van der Waals surface area contributed by atoms with Gasteiger partial charge >= 0.3 is 0 Å². The van der Waals surface area contributed by atoms with E-state index < -0.39 is 6.86 Å². The van der Waals surface area contributed by atoms with Crippen molar-refractivity contribution >= 4 is 11.5 Å². The topological polar surface area (TPSA) is 38.3 Å². The van der Waals surface area contributed by atoms with Crippen LogP contribution in [0, 0.1) is 0 Å². The van der Waals surface area contributed by atoms with Crippen LogP contribution in [0.3, 0.4) is 0 Å². The van der Waals surface area contributed by atoms with Gasteiger partial charge in [0.05, 0.1) is 0 Å². The Morgan fingerprint density at radius 2 is 1.80 bits per heavy atom. The van der Waals surface area contributed by atoms with E-state index in [2.05, 4.69) is 5.32 Å². The summed E-state index contributed by atoms with van der Waals surface area (Å²) < 4.78 is 16.6. The summed E-state index contributed by atoms with van der Waals surface area (Å²) in [6.45, 7) is -0.849. The van der Waals surface area contributed by atoms with Crippen LogP contribution >= 0.6 is 0 Å². The van der Waals surface area contributed by atoms with Crippen molar-refractivity contribution in [2.45, 2.75) is 0 Å². The first-order valence-corrected chi connectivity index (χ1v) is 6.11. The Bertz CT molecular complexity index is 579. The quantitative estimate of drug-likeness (QED) is 0.641. The normalized spacial score (nSPS) is 10.4. The van der Waals surface area contributed by atoms with Crippen molar-refractivity contribution in [1.29, 1.82) is 0 Å². The predicted octanol–water partition coefficient (Wildman–Crippen LogP) is 3.80. The second-order valence-corrected chi connectivity index (χ2v) is 3.99. The molecule has 3 nitrogen and oxygen atoms in total. The minimum atomic E-state index is -0.849. The van der Waals surface area contributed by atoms with E-state index in [1.807, 2.05) is 18.2 Å². The zero-order valence-corrected chi connectivity index (χ0v) is 10.8. The maximum absolute atomic E-state index is 11.9. The number of benzene rings is 2. The molecular formula is C16H14FNO2. The van der Waals surface area contributed by atoms with E-state index in [9.17, 15) is 9.18 Å². The minimum absolute atomic E-state index is 0.0736. The molecule has 0 aromatic heterocycles. The Morgan fingerprint density at radius 1 is 1.10 bits per heavy atom. The third-order valence-electron chi connectivity index (χ3n) is 2.62. The molecule has 2 rings (SSSR count). The van der Waals surface area contributed by atoms with Crippen LogP contribution in [0.1, 0.15) is 10.4 Å². The predicted molar refractivity (Wildman–Crippen MR) is 76.6 cm³/mol. The zero-order valence-electron chi connectivity index (χ0n) is 10.8. The summed E-state index contributed by atoms with van der Waals surface area (Å²) in [5.41, 5.74) is 1.42. The molecule has 0 amide bonds. The van der Waals surface area contributed by atoms with E-state index in [1.54, 1.807) is 42.6 Å². The molecule has 0 saturated heterocycles. The van der Waals surface area contributed by atoms with Crippen LogP contribution in [0.15, 0.2) is 66.9 Å². The first-order chi connectivity index (χ1) is 9.79. The number of carbonyl (C=O) groups excluding carboxylic acids is 1. The summed E-state index contributed by atoms with van der Waals surface area (Å²) in [5.74, 6) is 0.387. The third-order valence-corrected chi connectivity index (χ3v) is 2.62. The molecule has 1 N–H and O–H groups in total. The summed E-state index contributed by atoms with van der Waals surface area (Å²) in [4.78, 5) is 11.8. The molecule has 0 aliphatic carbocycles. The molecule has 0 aliphatic rings. The number of ether oxygens (including phenoxy) is 1. The average Bonchev–Trinajstić information content (AvgIpc) is 2.50. The number of anilines is 1. The van der Waals surface area contributed by atoms with Gasteiger partial charge < -0.3 is 10.1 Å². The number of alkyl halides is 1. The van der Waals surface area contributed by atoms with Gasteiger partial charge in [-0.05, 0) is 24.3 Å². The highest BCUT2D eigenvalue weighted by Crippen LogP contribution is 2.15. The van der Waals surface area contributed by atoms with Gasteiger partial charge in [-0.25, -0.2) is 4.39 Å². The lowest BCUT2D eigenvalue weighted by Gasteiger charge is -2.03. The highest BCUT2D eigenvalue weighted by molar-refractivity contribution is 6.04. The van der Waals surface area contributed by atoms with Crippen molar-refractivity contribution in [1.82, 2.24) is 0 Å². The molecule has 2 aromatic rings. The maximum Gasteiger partial charge on any atom is 0.228 e. The van der Waals surface area contributed by atoms with Gasteiger partial charge in [0.2, 0.25) is 6.86 Å². The smallest absolute Gasteiger partial charge is 0.228 e. The molecule has 0 fully saturated rings. The molecule has 4 heteroatoms. The van der Waals surface area contributed by atoms with Crippen LogP contribution in [0.4, 0.5) is 10.1 Å². The fourth-order valence-corrected chi connectivity index (χ4v) is 1.62. The average molecular weight is 271 g/mol. The number of hydrogen-bond acceptors (Lipinski definition) is 3. The highest BCUT2D eigenvalue weighted by atomic mass is 19.1. The number of allylic oxidation sites excluding steroid dienone is 1. The molecular weight excluding hydrogens is 257 g/mol. The number of ketones is 1. The van der Waals surface area contributed by atoms with Gasteiger partial charge in [-0.15, -0.1) is 0 Å². The van der Waals surface area contributed by atoms with E-state index in [0.29, 0.717) is 11.3 Å². The van der Waals surface area contributed by atoms with Gasteiger partial charge in [0.15, 0.2) is 5.78 Å². The first-order valence-electron chi connectivity index (χ1n) is 6.11. The van der Waals surface area contributed by atoms with E-state index in [1.165, 1.54) is 6.08 Å². The SMILES string of the molecule is O=C(/C=C/Nc1ccc(OCF)cc1)c1ccccc1. The number of carbonyl (C=O) groups is 1. The lowest BCUT2D eigenvalue weighted by atomic mass is 10.1. The third kappa shape index (κ3) is 3.95. The Hall–Kier alpha value is -2.62. The van der Waals surface area contributed by atoms with Gasteiger partial charge in [0.25, 0.3) is 0 Å². The number of nitrogens with one attached hydrogen (secondary N) is 1. The van der Waals surface area contributed by atoms with Gasteiger partial charge in [-0.2, -0.15) is 0 Å². The van der Waals surface area contributed by atoms with Crippen LogP contribution in [0.2, 0.25) is 0 Å². The summed E-state index contributed by atoms with van der Waals surface area (Å²) in [6.07, 6.45) is 3.03. The van der Waals surface area contributed by atoms with Crippen molar-refractivity contribution in [3.63, 3.8) is 0 Å². The maximum atomic E-state index is 11.9. The minimum Gasteiger partial charge on any atom is -0.463 e. The molecule has 0 heterocycles. The Labute approximate surface area is 116 Å². The lowest BCUT2D eigenvalue weighted by Crippen LogP contribution is -1.96. The summed E-state index contributed by atoms with van der Waals surface area (Å²) in [5, 5.41) is 2.96. The van der Waals surface area contributed by atoms with Crippen molar-refractivity contribution in [2.75, 3.05) is 12.2 Å². The molecule has 0 saturated carbocycles. The standard InChI is InChI=1S/C16H14FNO2/c17-12-20-15-8-6-14(7-9-15)18-11-10-16(19)13-4-2-1-3-5-13/h1-11,18H,12H2/b11-10+. The molecule has 2 aromatic carbocycles. The Balaban J connectivity index is 1.91. The van der Waals surface area contributed by atoms with Crippen LogP contribution in [0.25, 0.3) is 0 Å². The molecule has 0 aliphatic heterocycles. The number of hydrogen-bond donors (Lipinski definition) is 1. The number of halogens is 1. The zero-order chi connectivity index (χ0) is 14.2. The summed E-state index contributed by atoms with van der Waals surface area (Å²) >= 11 is 0. The van der Waals surface area contributed by atoms with Crippen LogP contribution in [-0.2, 0) is 0 Å². The van der Waals surface area contributed by atoms with E-state index >= 15 is 0 Å². The Morgan fingerprint density at radius 3 is 2.45 bits per heavy atom. The molecule has 20 heavy (non-hydrogen) atoms. The highest BCUT2D eigenvalue weighted by Gasteiger charge is 1.99. The van der Waals surface area contributed by atoms with Crippen molar-refractivity contribution in [2.24, 2.45) is 0 Å². The van der Waals surface area contributed by atoms with Crippen LogP contribution in [0.5, 0.6) is 5.75 Å². The van der Waals surface area contributed by atoms with Gasteiger partial charge in [0.1, 0.15) is 5.75 Å².